The summed E-state index contributed by atoms with van der Waals surface area (Å²) in [6.07, 6.45) is 1.16. The highest BCUT2D eigenvalue weighted by atomic mass is 35.5. The van der Waals surface area contributed by atoms with Crippen molar-refractivity contribution < 1.29 is 28.6 Å². The molecule has 1 saturated heterocycles. The van der Waals surface area contributed by atoms with Crippen LogP contribution in [0.5, 0.6) is 5.75 Å². The zero-order valence-corrected chi connectivity index (χ0v) is 13.1. The Morgan fingerprint density at radius 1 is 1.39 bits per heavy atom. The molecule has 6 nitrogen and oxygen atoms in total. The van der Waals surface area contributed by atoms with E-state index in [4.69, 9.17) is 26.2 Å². The van der Waals surface area contributed by atoms with Crippen molar-refractivity contribution in [2.24, 2.45) is 0 Å². The van der Waals surface area contributed by atoms with Crippen molar-refractivity contribution in [1.82, 2.24) is 4.90 Å². The average molecular weight is 346 g/mol. The molecule has 1 amide bonds. The van der Waals surface area contributed by atoms with E-state index in [0.29, 0.717) is 26.1 Å². The molecular weight excluding hydrogens is 329 g/mol. The zero-order chi connectivity index (χ0) is 16.8. The molecule has 0 saturated carbocycles. The lowest BCUT2D eigenvalue weighted by Crippen LogP contribution is -2.47. The van der Waals surface area contributed by atoms with E-state index in [0.717, 1.165) is 6.07 Å². The van der Waals surface area contributed by atoms with Gasteiger partial charge in [-0.15, -0.1) is 0 Å². The number of amides is 1. The first-order valence-corrected chi connectivity index (χ1v) is 7.52. The van der Waals surface area contributed by atoms with Gasteiger partial charge < -0.3 is 19.5 Å². The molecule has 1 heterocycles. The van der Waals surface area contributed by atoms with Gasteiger partial charge in [0.05, 0.1) is 5.02 Å². The predicted octanol–water partition coefficient (Wildman–Crippen LogP) is 1.95. The monoisotopic (exact) mass is 345 g/mol. The maximum absolute atomic E-state index is 13.0. The number of rotatable bonds is 6. The third-order valence-electron chi connectivity index (χ3n) is 3.50. The first kappa shape index (κ1) is 17.5. The molecule has 0 aromatic heterocycles. The third kappa shape index (κ3) is 5.07. The summed E-state index contributed by atoms with van der Waals surface area (Å²) in [4.78, 5) is 24.6. The van der Waals surface area contributed by atoms with E-state index in [1.807, 2.05) is 0 Å². The topological polar surface area (TPSA) is 76.1 Å². The molecule has 0 aliphatic carbocycles. The number of hydrogen-bond acceptors (Lipinski definition) is 4. The molecule has 1 aromatic rings. The molecular formula is C15H17ClFNO5. The van der Waals surface area contributed by atoms with Crippen LogP contribution in [0.1, 0.15) is 12.8 Å². The summed E-state index contributed by atoms with van der Waals surface area (Å²) >= 11 is 5.83. The molecule has 2 rings (SSSR count). The van der Waals surface area contributed by atoms with Crippen molar-refractivity contribution in [2.45, 2.75) is 18.9 Å². The van der Waals surface area contributed by atoms with Crippen LogP contribution in [-0.4, -0.2) is 54.3 Å². The van der Waals surface area contributed by atoms with Crippen molar-refractivity contribution in [3.05, 3.63) is 29.0 Å². The first-order chi connectivity index (χ1) is 11.0. The Hall–Kier alpha value is -1.86. The van der Waals surface area contributed by atoms with Crippen LogP contribution in [0.2, 0.25) is 5.02 Å². The largest absolute Gasteiger partial charge is 0.482 e. The van der Waals surface area contributed by atoms with E-state index in [1.54, 1.807) is 0 Å². The fraction of sp³-hybridized carbons (Fsp3) is 0.467. The standard InChI is InChI=1S/C15H17ClFNO5/c16-12-7-10(17)1-2-13(12)23-9-14(19)18(8-15(20)21)11-3-5-22-6-4-11/h1-2,7,11H,3-6,8-9H2,(H,20,21). The first-order valence-electron chi connectivity index (χ1n) is 7.14. The zero-order valence-electron chi connectivity index (χ0n) is 12.3. The van der Waals surface area contributed by atoms with Crippen molar-refractivity contribution in [2.75, 3.05) is 26.4 Å². The van der Waals surface area contributed by atoms with E-state index in [-0.39, 0.29) is 23.4 Å². The van der Waals surface area contributed by atoms with Gasteiger partial charge in [0.15, 0.2) is 6.61 Å². The molecule has 0 unspecified atom stereocenters. The minimum atomic E-state index is -1.09. The maximum atomic E-state index is 13.0. The molecule has 0 bridgehead atoms. The Morgan fingerprint density at radius 3 is 2.70 bits per heavy atom. The highest BCUT2D eigenvalue weighted by molar-refractivity contribution is 6.32. The smallest absolute Gasteiger partial charge is 0.323 e. The van der Waals surface area contributed by atoms with Gasteiger partial charge >= 0.3 is 5.97 Å². The van der Waals surface area contributed by atoms with Gasteiger partial charge in [-0.2, -0.15) is 0 Å². The van der Waals surface area contributed by atoms with E-state index in [2.05, 4.69) is 0 Å². The van der Waals surface area contributed by atoms with Gasteiger partial charge in [-0.25, -0.2) is 4.39 Å². The van der Waals surface area contributed by atoms with Crippen LogP contribution in [0.4, 0.5) is 4.39 Å². The fourth-order valence-corrected chi connectivity index (χ4v) is 2.60. The highest BCUT2D eigenvalue weighted by Gasteiger charge is 2.27. The van der Waals surface area contributed by atoms with Crippen LogP contribution < -0.4 is 4.74 Å². The number of nitrogens with zero attached hydrogens (tertiary/aromatic N) is 1. The lowest BCUT2D eigenvalue weighted by atomic mass is 10.1. The lowest BCUT2D eigenvalue weighted by Gasteiger charge is -2.33. The van der Waals surface area contributed by atoms with Crippen LogP contribution in [0.15, 0.2) is 18.2 Å². The maximum Gasteiger partial charge on any atom is 0.323 e. The molecule has 126 valence electrons. The van der Waals surface area contributed by atoms with Crippen LogP contribution >= 0.6 is 11.6 Å². The van der Waals surface area contributed by atoms with Crippen LogP contribution in [0.25, 0.3) is 0 Å². The van der Waals surface area contributed by atoms with Crippen LogP contribution in [-0.2, 0) is 14.3 Å². The summed E-state index contributed by atoms with van der Waals surface area (Å²) in [7, 11) is 0. The SMILES string of the molecule is O=C(O)CN(C(=O)COc1ccc(F)cc1Cl)C1CCOCC1. The number of halogens is 2. The quantitative estimate of drug-likeness (QED) is 0.852. The molecule has 23 heavy (non-hydrogen) atoms. The predicted molar refractivity (Wildman–Crippen MR) is 80.1 cm³/mol. The average Bonchev–Trinajstić information content (AvgIpc) is 2.52. The summed E-state index contributed by atoms with van der Waals surface area (Å²) in [6, 6.07) is 3.37. The Balaban J connectivity index is 2.00. The molecule has 1 aliphatic heterocycles. The van der Waals surface area contributed by atoms with Crippen molar-refractivity contribution >= 4 is 23.5 Å². The summed E-state index contributed by atoms with van der Waals surface area (Å²) in [5.74, 6) is -1.89. The number of ether oxygens (including phenoxy) is 2. The second kappa shape index (κ2) is 8.12. The second-order valence-electron chi connectivity index (χ2n) is 5.12. The van der Waals surface area contributed by atoms with Gasteiger partial charge in [-0.3, -0.25) is 9.59 Å². The van der Waals surface area contributed by atoms with Crippen molar-refractivity contribution in [3.8, 4) is 5.75 Å². The molecule has 0 atom stereocenters. The molecule has 0 radical (unpaired) electrons. The van der Waals surface area contributed by atoms with Gasteiger partial charge in [0, 0.05) is 19.3 Å². The molecule has 8 heteroatoms. The van der Waals surface area contributed by atoms with Gasteiger partial charge in [-0.05, 0) is 31.0 Å². The summed E-state index contributed by atoms with van der Waals surface area (Å²) in [5.41, 5.74) is 0. The number of carboxylic acid groups (broad SMARTS) is 1. The minimum Gasteiger partial charge on any atom is -0.482 e. The van der Waals surface area contributed by atoms with Crippen molar-refractivity contribution in [1.29, 1.82) is 0 Å². The van der Waals surface area contributed by atoms with E-state index < -0.39 is 24.2 Å². The van der Waals surface area contributed by atoms with E-state index in [1.165, 1.54) is 17.0 Å². The van der Waals surface area contributed by atoms with Crippen LogP contribution in [0, 0.1) is 5.82 Å². The number of carboxylic acids is 1. The summed E-state index contributed by atoms with van der Waals surface area (Å²) in [6.45, 7) is 0.206. The number of carbonyl (C=O) groups is 2. The summed E-state index contributed by atoms with van der Waals surface area (Å²) < 4.78 is 23.5. The van der Waals surface area contributed by atoms with E-state index in [9.17, 15) is 14.0 Å². The van der Waals surface area contributed by atoms with E-state index >= 15 is 0 Å². The Kier molecular flexibility index (Phi) is 6.18. The van der Waals surface area contributed by atoms with Gasteiger partial charge in [0.1, 0.15) is 18.1 Å². The Labute approximate surface area is 137 Å². The third-order valence-corrected chi connectivity index (χ3v) is 3.80. The number of hydrogen-bond donors (Lipinski definition) is 1. The molecule has 1 N–H and O–H groups in total. The second-order valence-corrected chi connectivity index (χ2v) is 5.53. The fourth-order valence-electron chi connectivity index (χ4n) is 2.38. The minimum absolute atomic E-state index is 0.0497. The number of aliphatic carboxylic acids is 1. The number of carbonyl (C=O) groups excluding carboxylic acids is 1. The lowest BCUT2D eigenvalue weighted by molar-refractivity contribution is -0.148. The molecule has 0 spiro atoms. The van der Waals surface area contributed by atoms with Gasteiger partial charge in [0.2, 0.25) is 0 Å². The normalized spacial score (nSPS) is 15.2. The molecule has 1 aliphatic rings. The van der Waals surface area contributed by atoms with Gasteiger partial charge in [0.25, 0.3) is 5.91 Å². The van der Waals surface area contributed by atoms with Gasteiger partial charge in [-0.1, -0.05) is 11.6 Å². The van der Waals surface area contributed by atoms with Crippen LogP contribution in [0.3, 0.4) is 0 Å². The summed E-state index contributed by atoms with van der Waals surface area (Å²) in [5, 5.41) is 9.04. The van der Waals surface area contributed by atoms with Crippen molar-refractivity contribution in [3.63, 3.8) is 0 Å². The molecule has 1 aromatic carbocycles. The Bertz CT molecular complexity index is 577. The number of benzene rings is 1. The Morgan fingerprint density at radius 2 is 2.09 bits per heavy atom. The highest BCUT2D eigenvalue weighted by Crippen LogP contribution is 2.25. The molecule has 1 fully saturated rings.